The highest BCUT2D eigenvalue weighted by Crippen LogP contribution is 2.40. The Morgan fingerprint density at radius 1 is 1.23 bits per heavy atom. The molecule has 0 unspecified atom stereocenters. The molecule has 1 saturated heterocycles. The second kappa shape index (κ2) is 11.5. The maximum absolute atomic E-state index is 9.43. The van der Waals surface area contributed by atoms with E-state index in [0.717, 1.165) is 53.8 Å². The molecule has 0 bridgehead atoms. The fraction of sp³-hybridized carbons (Fsp3) is 0.440. The number of nitrogens with zero attached hydrogens (tertiary/aromatic N) is 3. The molecule has 1 aromatic carbocycles. The van der Waals surface area contributed by atoms with Crippen LogP contribution < -0.4 is 15.8 Å². The molecule has 10 heteroatoms. The number of benzene rings is 1. The van der Waals surface area contributed by atoms with Crippen LogP contribution in [-0.2, 0) is 22.4 Å². The van der Waals surface area contributed by atoms with Crippen molar-refractivity contribution in [3.8, 4) is 5.75 Å². The van der Waals surface area contributed by atoms with Crippen LogP contribution in [0.5, 0.6) is 5.75 Å². The molecule has 0 saturated carbocycles. The predicted octanol–water partition coefficient (Wildman–Crippen LogP) is 4.16. The SMILES string of the molecule is CN(C)C=O.N=Cc1cc(Nc2ncnc3sc4c(c23)CCCC4)c(OC2CCOCC2)cc1N. The van der Waals surface area contributed by atoms with Gasteiger partial charge in [-0.1, -0.05) is 0 Å². The van der Waals surface area contributed by atoms with Crippen LogP contribution in [0.4, 0.5) is 17.2 Å². The molecule has 1 amide bonds. The minimum absolute atomic E-state index is 0.0869. The third-order valence-electron chi connectivity index (χ3n) is 6.02. The van der Waals surface area contributed by atoms with Crippen LogP contribution in [0.15, 0.2) is 18.5 Å². The third kappa shape index (κ3) is 5.88. The van der Waals surface area contributed by atoms with E-state index in [4.69, 9.17) is 20.6 Å². The number of fused-ring (bicyclic) bond motifs is 3. The minimum Gasteiger partial charge on any atom is -0.488 e. The number of aryl methyl sites for hydroxylation is 2. The highest BCUT2D eigenvalue weighted by Gasteiger charge is 2.22. The largest absolute Gasteiger partial charge is 0.488 e. The van der Waals surface area contributed by atoms with Crippen LogP contribution in [0.1, 0.15) is 41.7 Å². The van der Waals surface area contributed by atoms with Crippen LogP contribution >= 0.6 is 11.3 Å². The molecule has 0 spiro atoms. The van der Waals surface area contributed by atoms with E-state index in [0.29, 0.717) is 30.2 Å². The molecule has 2 aromatic heterocycles. The van der Waals surface area contributed by atoms with Gasteiger partial charge in [0, 0.05) is 55.3 Å². The quantitative estimate of drug-likeness (QED) is 0.266. The molecule has 186 valence electrons. The number of hydrogen-bond acceptors (Lipinski definition) is 9. The van der Waals surface area contributed by atoms with Crippen molar-refractivity contribution in [2.24, 2.45) is 0 Å². The van der Waals surface area contributed by atoms with Crippen LogP contribution in [0.3, 0.4) is 0 Å². The number of nitrogens with two attached hydrogens (primary N) is 1. The summed E-state index contributed by atoms with van der Waals surface area (Å²) in [5.74, 6) is 1.47. The summed E-state index contributed by atoms with van der Waals surface area (Å²) in [6.07, 6.45) is 10.0. The first kappa shape index (κ1) is 24.9. The van der Waals surface area contributed by atoms with E-state index in [1.165, 1.54) is 34.4 Å². The summed E-state index contributed by atoms with van der Waals surface area (Å²) in [6.45, 7) is 1.41. The molecule has 35 heavy (non-hydrogen) atoms. The minimum atomic E-state index is 0.0869. The first-order valence-corrected chi connectivity index (χ1v) is 12.6. The van der Waals surface area contributed by atoms with Crippen LogP contribution in [0.2, 0.25) is 0 Å². The molecular formula is C25H32N6O3S. The molecule has 0 radical (unpaired) electrons. The van der Waals surface area contributed by atoms with E-state index >= 15 is 0 Å². The Kier molecular flexibility index (Phi) is 8.14. The third-order valence-corrected chi connectivity index (χ3v) is 7.22. The number of rotatable bonds is 6. The smallest absolute Gasteiger partial charge is 0.209 e. The zero-order valence-electron chi connectivity index (χ0n) is 20.2. The van der Waals surface area contributed by atoms with E-state index in [1.807, 2.05) is 6.07 Å². The topological polar surface area (TPSA) is 126 Å². The van der Waals surface area contributed by atoms with Gasteiger partial charge in [-0.15, -0.1) is 11.3 Å². The van der Waals surface area contributed by atoms with Gasteiger partial charge >= 0.3 is 0 Å². The summed E-state index contributed by atoms with van der Waals surface area (Å²) < 4.78 is 11.8. The molecule has 2 aliphatic rings. The molecular weight excluding hydrogens is 464 g/mol. The summed E-state index contributed by atoms with van der Waals surface area (Å²) in [6, 6.07) is 3.67. The number of anilines is 3. The van der Waals surface area contributed by atoms with Gasteiger partial charge in [-0.3, -0.25) is 4.79 Å². The Morgan fingerprint density at radius 3 is 2.69 bits per heavy atom. The lowest BCUT2D eigenvalue weighted by Crippen LogP contribution is -2.26. The molecule has 3 heterocycles. The van der Waals surface area contributed by atoms with Crippen molar-refractivity contribution in [1.82, 2.24) is 14.9 Å². The Hall–Kier alpha value is -3.24. The number of ether oxygens (including phenoxy) is 2. The Morgan fingerprint density at radius 2 is 1.97 bits per heavy atom. The lowest BCUT2D eigenvalue weighted by atomic mass is 9.97. The van der Waals surface area contributed by atoms with Gasteiger partial charge in [0.1, 0.15) is 28.8 Å². The summed E-state index contributed by atoms with van der Waals surface area (Å²) in [4.78, 5) is 22.4. The number of aromatic nitrogens is 2. The maximum Gasteiger partial charge on any atom is 0.209 e. The molecule has 9 nitrogen and oxygen atoms in total. The van der Waals surface area contributed by atoms with Gasteiger partial charge < -0.3 is 30.8 Å². The molecule has 1 fully saturated rings. The lowest BCUT2D eigenvalue weighted by Gasteiger charge is -2.25. The average molecular weight is 497 g/mol. The second-order valence-corrected chi connectivity index (χ2v) is 9.94. The van der Waals surface area contributed by atoms with Gasteiger partial charge in [-0.25, -0.2) is 9.97 Å². The van der Waals surface area contributed by atoms with Gasteiger partial charge in [0.2, 0.25) is 6.41 Å². The summed E-state index contributed by atoms with van der Waals surface area (Å²) in [5.41, 5.74) is 9.47. The number of carbonyl (C=O) groups is 1. The number of nitrogens with one attached hydrogen (secondary N) is 2. The van der Waals surface area contributed by atoms with E-state index in [1.54, 1.807) is 37.8 Å². The van der Waals surface area contributed by atoms with Crippen molar-refractivity contribution in [1.29, 1.82) is 5.41 Å². The van der Waals surface area contributed by atoms with Gasteiger partial charge in [-0.05, 0) is 37.3 Å². The first-order valence-electron chi connectivity index (χ1n) is 11.8. The number of thiophene rings is 1. The molecule has 5 rings (SSSR count). The van der Waals surface area contributed by atoms with E-state index in [2.05, 4.69) is 15.3 Å². The number of carbonyl (C=O) groups excluding carboxylic acids is 1. The molecule has 0 atom stereocenters. The molecule has 3 aromatic rings. The molecule has 4 N–H and O–H groups in total. The number of amides is 1. The summed E-state index contributed by atoms with van der Waals surface area (Å²) in [7, 11) is 3.38. The van der Waals surface area contributed by atoms with Gasteiger partial charge in [0.25, 0.3) is 0 Å². The monoisotopic (exact) mass is 496 g/mol. The van der Waals surface area contributed by atoms with Crippen molar-refractivity contribution < 1.29 is 14.3 Å². The van der Waals surface area contributed by atoms with Crippen LogP contribution in [-0.4, -0.2) is 60.9 Å². The Labute approximate surface area is 209 Å². The number of nitrogen functional groups attached to an aromatic ring is 1. The van der Waals surface area contributed by atoms with Crippen molar-refractivity contribution in [3.05, 3.63) is 34.5 Å². The highest BCUT2D eigenvalue weighted by atomic mass is 32.1. The standard InChI is InChI=1S/C22H25N5O2S.C3H7NO/c23-11-13-9-17(18(10-16(13)24)29-14-5-7-28-8-6-14)27-21-20-15-3-1-2-4-19(15)30-22(20)26-12-25-21;1-4(2)3-5/h9-12,14,23H,1-8,24H2,(H,25,26,27);3H,1-2H3. The summed E-state index contributed by atoms with van der Waals surface area (Å²) in [5, 5.41) is 12.3. The molecule has 1 aliphatic carbocycles. The van der Waals surface area contributed by atoms with Gasteiger partial charge in [0.15, 0.2) is 0 Å². The van der Waals surface area contributed by atoms with Crippen molar-refractivity contribution in [2.45, 2.75) is 44.6 Å². The Balaban J connectivity index is 0.000000527. The predicted molar refractivity (Wildman–Crippen MR) is 140 cm³/mol. The van der Waals surface area contributed by atoms with Crippen LogP contribution in [0, 0.1) is 5.41 Å². The lowest BCUT2D eigenvalue weighted by molar-refractivity contribution is -0.115. The average Bonchev–Trinajstić information content (AvgIpc) is 3.26. The highest BCUT2D eigenvalue weighted by molar-refractivity contribution is 7.19. The molecule has 1 aliphatic heterocycles. The van der Waals surface area contributed by atoms with Crippen molar-refractivity contribution in [3.63, 3.8) is 0 Å². The second-order valence-electron chi connectivity index (χ2n) is 8.86. The van der Waals surface area contributed by atoms with Gasteiger partial charge in [-0.2, -0.15) is 0 Å². The first-order chi connectivity index (χ1) is 17.0. The normalized spacial score (nSPS) is 15.5. The van der Waals surface area contributed by atoms with Crippen LogP contribution in [0.25, 0.3) is 10.2 Å². The maximum atomic E-state index is 9.43. The van der Waals surface area contributed by atoms with E-state index in [9.17, 15) is 4.79 Å². The zero-order valence-corrected chi connectivity index (χ0v) is 21.0. The Bertz CT molecular complexity index is 1190. The van der Waals surface area contributed by atoms with Crippen molar-refractivity contribution >= 4 is 51.4 Å². The van der Waals surface area contributed by atoms with E-state index in [-0.39, 0.29) is 6.10 Å². The van der Waals surface area contributed by atoms with Crippen molar-refractivity contribution in [2.75, 3.05) is 38.4 Å². The summed E-state index contributed by atoms with van der Waals surface area (Å²) >= 11 is 1.77. The fourth-order valence-electron chi connectivity index (χ4n) is 4.22. The zero-order chi connectivity index (χ0) is 24.8. The van der Waals surface area contributed by atoms with E-state index < -0.39 is 0 Å². The number of hydrogen-bond donors (Lipinski definition) is 3. The van der Waals surface area contributed by atoms with Gasteiger partial charge in [0.05, 0.1) is 24.3 Å². The fourth-order valence-corrected chi connectivity index (χ4v) is 5.45.